The van der Waals surface area contributed by atoms with Gasteiger partial charge in [-0.3, -0.25) is 14.4 Å². The van der Waals surface area contributed by atoms with E-state index in [4.69, 9.17) is 37.0 Å². The Kier molecular flexibility index (Phi) is 10.5. The fourth-order valence-electron chi connectivity index (χ4n) is 1.18. The molecule has 0 fully saturated rings. The van der Waals surface area contributed by atoms with Crippen molar-refractivity contribution in [3.05, 3.63) is 0 Å². The summed E-state index contributed by atoms with van der Waals surface area (Å²) in [5.41, 5.74) is 7.54. The molecular weight excluding hydrogens is 304 g/mol. The number of rotatable bonds is 9. The molecule has 11 nitrogen and oxygen atoms in total. The van der Waals surface area contributed by atoms with E-state index in [0.717, 1.165) is 0 Å². The number of aliphatic carboxylic acids is 4. The molecule has 0 saturated carbocycles. The van der Waals surface area contributed by atoms with E-state index >= 15 is 0 Å². The predicted octanol–water partition coefficient (Wildman–Crippen LogP) is -2.11. The molecule has 128 valence electrons. The second kappa shape index (κ2) is 10.5. The fraction of sp³-hybridized carbons (Fsp3) is 0.636. The zero-order valence-electron chi connectivity index (χ0n) is 11.6. The molecule has 0 spiro atoms. The van der Waals surface area contributed by atoms with E-state index in [2.05, 4.69) is 0 Å². The molecule has 0 aromatic heterocycles. The Hall–Kier alpha value is -2.24. The Morgan fingerprint density at radius 3 is 1.59 bits per heavy atom. The van der Waals surface area contributed by atoms with Crippen LogP contribution in [-0.4, -0.2) is 67.6 Å². The smallest absolute Gasteiger partial charge is 0.336 e. The first-order chi connectivity index (χ1) is 9.96. The van der Waals surface area contributed by atoms with Crippen LogP contribution in [0.1, 0.15) is 25.7 Å². The van der Waals surface area contributed by atoms with Crippen LogP contribution in [0.15, 0.2) is 0 Å². The summed E-state index contributed by atoms with van der Waals surface area (Å²) in [7, 11) is 0. The molecule has 0 aliphatic rings. The molecular formula is C11H20N2O9. The summed E-state index contributed by atoms with van der Waals surface area (Å²) in [6, 6.07) is -0.742. The van der Waals surface area contributed by atoms with Crippen LogP contribution in [-0.2, 0) is 19.2 Å². The van der Waals surface area contributed by atoms with Crippen molar-refractivity contribution >= 4 is 23.9 Å². The fourth-order valence-corrected chi connectivity index (χ4v) is 1.18. The molecule has 0 aliphatic carbocycles. The van der Waals surface area contributed by atoms with Gasteiger partial charge in [-0.2, -0.15) is 0 Å². The van der Waals surface area contributed by atoms with Gasteiger partial charge in [0, 0.05) is 0 Å². The van der Waals surface area contributed by atoms with Crippen LogP contribution < -0.4 is 11.5 Å². The average Bonchev–Trinajstić information content (AvgIpc) is 2.34. The van der Waals surface area contributed by atoms with Gasteiger partial charge in [0.05, 0.1) is 12.8 Å². The van der Waals surface area contributed by atoms with Crippen molar-refractivity contribution in [3.63, 3.8) is 0 Å². The topological polar surface area (TPSA) is 221 Å². The van der Waals surface area contributed by atoms with Crippen molar-refractivity contribution in [2.24, 2.45) is 11.5 Å². The molecule has 0 saturated heterocycles. The Labute approximate surface area is 125 Å². The highest BCUT2D eigenvalue weighted by atomic mass is 16.4. The first kappa shape index (κ1) is 22.0. The monoisotopic (exact) mass is 324 g/mol. The van der Waals surface area contributed by atoms with Crippen LogP contribution in [0.3, 0.4) is 0 Å². The quantitative estimate of drug-likeness (QED) is 0.243. The lowest BCUT2D eigenvalue weighted by atomic mass is 9.96. The Morgan fingerprint density at radius 1 is 0.955 bits per heavy atom. The van der Waals surface area contributed by atoms with Crippen molar-refractivity contribution in [1.82, 2.24) is 0 Å². The van der Waals surface area contributed by atoms with Gasteiger partial charge in [-0.15, -0.1) is 0 Å². The van der Waals surface area contributed by atoms with Crippen LogP contribution in [0.5, 0.6) is 0 Å². The summed E-state index contributed by atoms with van der Waals surface area (Å²) in [4.78, 5) is 40.5. The van der Waals surface area contributed by atoms with Crippen LogP contribution in [0, 0.1) is 0 Å². The molecule has 0 rings (SSSR count). The normalized spacial score (nSPS) is 11.8. The van der Waals surface area contributed by atoms with Crippen LogP contribution in [0.25, 0.3) is 0 Å². The molecule has 9 N–H and O–H groups in total. The molecule has 0 aromatic carbocycles. The minimum atomic E-state index is -2.74. The summed E-state index contributed by atoms with van der Waals surface area (Å²) in [5, 5.41) is 42.1. The van der Waals surface area contributed by atoms with Crippen molar-refractivity contribution in [2.45, 2.75) is 37.3 Å². The van der Waals surface area contributed by atoms with Gasteiger partial charge in [0.15, 0.2) is 5.60 Å². The van der Waals surface area contributed by atoms with Gasteiger partial charge in [-0.1, -0.05) is 0 Å². The first-order valence-electron chi connectivity index (χ1n) is 6.04. The van der Waals surface area contributed by atoms with E-state index in [-0.39, 0.29) is 0 Å². The minimum absolute atomic E-state index is 0.464. The van der Waals surface area contributed by atoms with Crippen molar-refractivity contribution in [3.8, 4) is 0 Å². The van der Waals surface area contributed by atoms with E-state index in [0.29, 0.717) is 19.4 Å². The van der Waals surface area contributed by atoms with Crippen LogP contribution >= 0.6 is 0 Å². The Morgan fingerprint density at radius 2 is 1.36 bits per heavy atom. The molecule has 11 heteroatoms. The predicted molar refractivity (Wildman–Crippen MR) is 71.0 cm³/mol. The van der Waals surface area contributed by atoms with Crippen LogP contribution in [0.4, 0.5) is 0 Å². The van der Waals surface area contributed by atoms with Crippen molar-refractivity contribution in [2.75, 3.05) is 6.54 Å². The van der Waals surface area contributed by atoms with Gasteiger partial charge < -0.3 is 37.0 Å². The lowest BCUT2D eigenvalue weighted by Crippen LogP contribution is -2.42. The van der Waals surface area contributed by atoms with Gasteiger partial charge in [-0.05, 0) is 19.4 Å². The van der Waals surface area contributed by atoms with Gasteiger partial charge in [-0.25, -0.2) is 4.79 Å². The third-order valence-electron chi connectivity index (χ3n) is 2.32. The molecule has 0 amide bonds. The molecule has 0 bridgehead atoms. The lowest BCUT2D eigenvalue weighted by molar-refractivity contribution is -0.170. The summed E-state index contributed by atoms with van der Waals surface area (Å²) in [6.07, 6.45) is -1.15. The molecule has 22 heavy (non-hydrogen) atoms. The zero-order chi connectivity index (χ0) is 17.9. The number of nitrogens with two attached hydrogens (primary N) is 2. The van der Waals surface area contributed by atoms with Gasteiger partial charge in [0.1, 0.15) is 6.04 Å². The van der Waals surface area contributed by atoms with E-state index < -0.39 is 48.4 Å². The number of aliphatic hydroxyl groups is 1. The molecule has 0 aromatic rings. The van der Waals surface area contributed by atoms with Gasteiger partial charge in [0.25, 0.3) is 0 Å². The second-order valence-corrected chi connectivity index (χ2v) is 4.35. The summed E-state index contributed by atoms with van der Waals surface area (Å²) < 4.78 is 0. The third-order valence-corrected chi connectivity index (χ3v) is 2.32. The van der Waals surface area contributed by atoms with Gasteiger partial charge in [0.2, 0.25) is 0 Å². The number of carboxylic acids is 4. The maximum Gasteiger partial charge on any atom is 0.336 e. The van der Waals surface area contributed by atoms with E-state index in [9.17, 15) is 19.2 Å². The van der Waals surface area contributed by atoms with Crippen molar-refractivity contribution < 1.29 is 44.7 Å². The molecule has 0 heterocycles. The van der Waals surface area contributed by atoms with Gasteiger partial charge >= 0.3 is 23.9 Å². The lowest BCUT2D eigenvalue weighted by Gasteiger charge is -2.18. The number of carbonyl (C=O) groups is 4. The maximum atomic E-state index is 10.3. The number of hydrogen-bond acceptors (Lipinski definition) is 7. The summed E-state index contributed by atoms with van der Waals surface area (Å²) >= 11 is 0. The van der Waals surface area contributed by atoms with E-state index in [1.54, 1.807) is 0 Å². The standard InChI is InChI=1S/C6H8O7.C5H12N2O2/c7-3(8)1-6(13,5(11)12)2-4(9)10;6-3-1-2-4(7)5(8)9/h13H,1-2H2,(H,7,8)(H,9,10)(H,11,12);4H,1-3,6-7H2,(H,8,9)/t;4-/m.0/s1. The molecule has 0 unspecified atom stereocenters. The summed E-state index contributed by atoms with van der Waals surface area (Å²) in [6.45, 7) is 0.501. The highest BCUT2D eigenvalue weighted by molar-refractivity contribution is 5.88. The van der Waals surface area contributed by atoms with Crippen molar-refractivity contribution in [1.29, 1.82) is 0 Å². The van der Waals surface area contributed by atoms with Crippen LogP contribution in [0.2, 0.25) is 0 Å². The highest BCUT2D eigenvalue weighted by Gasteiger charge is 2.40. The molecule has 0 radical (unpaired) electrons. The third kappa shape index (κ3) is 10.5. The van der Waals surface area contributed by atoms with E-state index in [1.165, 1.54) is 0 Å². The Balaban J connectivity index is 0. The molecule has 0 aliphatic heterocycles. The minimum Gasteiger partial charge on any atom is -0.481 e. The zero-order valence-corrected chi connectivity index (χ0v) is 11.6. The largest absolute Gasteiger partial charge is 0.481 e. The Bertz CT molecular complexity index is 394. The molecule has 1 atom stereocenters. The first-order valence-corrected chi connectivity index (χ1v) is 6.04. The maximum absolute atomic E-state index is 10.3. The second-order valence-electron chi connectivity index (χ2n) is 4.35. The average molecular weight is 324 g/mol. The van der Waals surface area contributed by atoms with E-state index in [1.807, 2.05) is 0 Å². The number of carboxylic acid groups (broad SMARTS) is 4. The SMILES string of the molecule is NCCC[C@H](N)C(=O)O.O=C(O)CC(O)(CC(=O)O)C(=O)O. The number of hydrogen-bond donors (Lipinski definition) is 7. The highest BCUT2D eigenvalue weighted by Crippen LogP contribution is 2.15. The summed E-state index contributed by atoms with van der Waals surface area (Å²) in [5.74, 6) is -5.97.